The standard InChI is InChI=1S/C14H19N3/c1-2-14(13-6-4-3-5-7-13)16-9-11-17-10-8-15-12-17/h3-8,10,12,14,16H,2,9,11H2,1H3. The average Bonchev–Trinajstić information content (AvgIpc) is 2.89. The topological polar surface area (TPSA) is 29.9 Å². The van der Waals surface area contributed by atoms with Crippen LogP contribution in [0.15, 0.2) is 49.1 Å². The van der Waals surface area contributed by atoms with Crippen molar-refractivity contribution >= 4 is 0 Å². The zero-order valence-corrected chi connectivity index (χ0v) is 10.2. The molecule has 2 rings (SSSR count). The molecular formula is C14H19N3. The van der Waals surface area contributed by atoms with E-state index in [9.17, 15) is 0 Å². The molecule has 3 heteroatoms. The van der Waals surface area contributed by atoms with Crippen molar-refractivity contribution in [1.82, 2.24) is 14.9 Å². The minimum absolute atomic E-state index is 0.444. The molecule has 0 bridgehead atoms. The average molecular weight is 229 g/mol. The molecule has 0 saturated carbocycles. The van der Waals surface area contributed by atoms with Gasteiger partial charge in [-0.2, -0.15) is 0 Å². The van der Waals surface area contributed by atoms with E-state index in [1.807, 2.05) is 18.7 Å². The van der Waals surface area contributed by atoms with Crippen LogP contribution < -0.4 is 5.32 Å². The van der Waals surface area contributed by atoms with Gasteiger partial charge in [0.2, 0.25) is 0 Å². The van der Waals surface area contributed by atoms with Crippen LogP contribution in [0.4, 0.5) is 0 Å². The van der Waals surface area contributed by atoms with E-state index in [2.05, 4.69) is 52.1 Å². The van der Waals surface area contributed by atoms with Crippen molar-refractivity contribution in [3.8, 4) is 0 Å². The molecule has 2 aromatic rings. The highest BCUT2D eigenvalue weighted by Gasteiger charge is 2.06. The zero-order valence-electron chi connectivity index (χ0n) is 10.2. The van der Waals surface area contributed by atoms with E-state index in [1.54, 1.807) is 0 Å². The molecule has 1 atom stereocenters. The van der Waals surface area contributed by atoms with E-state index >= 15 is 0 Å². The fourth-order valence-corrected chi connectivity index (χ4v) is 1.97. The molecule has 3 nitrogen and oxygen atoms in total. The summed E-state index contributed by atoms with van der Waals surface area (Å²) >= 11 is 0. The molecular weight excluding hydrogens is 210 g/mol. The fraction of sp³-hybridized carbons (Fsp3) is 0.357. The van der Waals surface area contributed by atoms with E-state index < -0.39 is 0 Å². The van der Waals surface area contributed by atoms with Gasteiger partial charge in [0.25, 0.3) is 0 Å². The Hall–Kier alpha value is -1.61. The van der Waals surface area contributed by atoms with Gasteiger partial charge in [0, 0.05) is 31.5 Å². The summed E-state index contributed by atoms with van der Waals surface area (Å²) < 4.78 is 2.09. The molecule has 1 unspecified atom stereocenters. The Morgan fingerprint density at radius 2 is 2.12 bits per heavy atom. The molecule has 1 heterocycles. The number of imidazole rings is 1. The maximum atomic E-state index is 4.03. The molecule has 17 heavy (non-hydrogen) atoms. The molecule has 0 fully saturated rings. The van der Waals surface area contributed by atoms with Crippen LogP contribution in [-0.2, 0) is 6.54 Å². The Kier molecular flexibility index (Phi) is 4.33. The van der Waals surface area contributed by atoms with Gasteiger partial charge >= 0.3 is 0 Å². The molecule has 0 saturated heterocycles. The molecule has 0 spiro atoms. The number of aromatic nitrogens is 2. The lowest BCUT2D eigenvalue weighted by Crippen LogP contribution is -2.24. The Bertz CT molecular complexity index is 408. The van der Waals surface area contributed by atoms with Crippen LogP contribution in [0.5, 0.6) is 0 Å². The lowest BCUT2D eigenvalue weighted by molar-refractivity contribution is 0.492. The number of rotatable bonds is 6. The first-order valence-electron chi connectivity index (χ1n) is 6.14. The molecule has 0 amide bonds. The quantitative estimate of drug-likeness (QED) is 0.825. The fourth-order valence-electron chi connectivity index (χ4n) is 1.97. The Morgan fingerprint density at radius 1 is 1.29 bits per heavy atom. The highest BCUT2D eigenvalue weighted by Crippen LogP contribution is 2.15. The molecule has 0 aliphatic heterocycles. The Morgan fingerprint density at radius 3 is 2.76 bits per heavy atom. The summed E-state index contributed by atoms with van der Waals surface area (Å²) in [5.74, 6) is 0. The van der Waals surface area contributed by atoms with E-state index in [4.69, 9.17) is 0 Å². The summed E-state index contributed by atoms with van der Waals surface area (Å²) in [6, 6.07) is 11.0. The van der Waals surface area contributed by atoms with Gasteiger partial charge in [0.05, 0.1) is 6.33 Å². The predicted molar refractivity (Wildman–Crippen MR) is 69.7 cm³/mol. The van der Waals surface area contributed by atoms with Gasteiger partial charge in [-0.25, -0.2) is 4.98 Å². The lowest BCUT2D eigenvalue weighted by atomic mass is 10.0. The molecule has 0 aliphatic carbocycles. The second-order valence-corrected chi connectivity index (χ2v) is 4.13. The molecule has 0 aliphatic rings. The highest BCUT2D eigenvalue weighted by molar-refractivity contribution is 5.18. The highest BCUT2D eigenvalue weighted by atomic mass is 15.0. The van der Waals surface area contributed by atoms with E-state index in [0.29, 0.717) is 6.04 Å². The zero-order chi connectivity index (χ0) is 11.9. The largest absolute Gasteiger partial charge is 0.336 e. The smallest absolute Gasteiger partial charge is 0.0946 e. The first-order chi connectivity index (χ1) is 8.40. The SMILES string of the molecule is CCC(NCCn1ccnc1)c1ccccc1. The van der Waals surface area contributed by atoms with Crippen molar-refractivity contribution in [2.45, 2.75) is 25.9 Å². The van der Waals surface area contributed by atoms with Gasteiger partial charge in [-0.15, -0.1) is 0 Å². The van der Waals surface area contributed by atoms with Crippen LogP contribution in [0.2, 0.25) is 0 Å². The van der Waals surface area contributed by atoms with Crippen LogP contribution in [0.3, 0.4) is 0 Å². The second kappa shape index (κ2) is 6.21. The monoisotopic (exact) mass is 229 g/mol. The first kappa shape index (κ1) is 11.9. The Balaban J connectivity index is 1.84. The summed E-state index contributed by atoms with van der Waals surface area (Å²) in [5.41, 5.74) is 1.36. The van der Waals surface area contributed by atoms with Gasteiger partial charge in [0.1, 0.15) is 0 Å². The summed E-state index contributed by atoms with van der Waals surface area (Å²) in [4.78, 5) is 4.03. The van der Waals surface area contributed by atoms with Crippen LogP contribution in [-0.4, -0.2) is 16.1 Å². The van der Waals surface area contributed by atoms with Crippen molar-refractivity contribution in [3.63, 3.8) is 0 Å². The lowest BCUT2D eigenvalue weighted by Gasteiger charge is -2.17. The van der Waals surface area contributed by atoms with E-state index in [1.165, 1.54) is 5.56 Å². The minimum Gasteiger partial charge on any atom is -0.336 e. The van der Waals surface area contributed by atoms with Crippen molar-refractivity contribution in [2.75, 3.05) is 6.54 Å². The summed E-state index contributed by atoms with van der Waals surface area (Å²) in [6.07, 6.45) is 6.76. The number of nitrogens with zero attached hydrogens (tertiary/aromatic N) is 2. The van der Waals surface area contributed by atoms with Crippen molar-refractivity contribution < 1.29 is 0 Å². The molecule has 1 aromatic heterocycles. The van der Waals surface area contributed by atoms with Crippen molar-refractivity contribution in [2.24, 2.45) is 0 Å². The van der Waals surface area contributed by atoms with Gasteiger partial charge in [-0.05, 0) is 12.0 Å². The molecule has 0 radical (unpaired) electrons. The summed E-state index contributed by atoms with van der Waals surface area (Å²) in [5, 5.41) is 3.58. The predicted octanol–water partition coefficient (Wildman–Crippen LogP) is 2.62. The molecule has 1 aromatic carbocycles. The summed E-state index contributed by atoms with van der Waals surface area (Å²) in [6.45, 7) is 4.13. The van der Waals surface area contributed by atoms with E-state index in [-0.39, 0.29) is 0 Å². The maximum absolute atomic E-state index is 4.03. The van der Waals surface area contributed by atoms with Crippen molar-refractivity contribution in [1.29, 1.82) is 0 Å². The number of hydrogen-bond donors (Lipinski definition) is 1. The normalized spacial score (nSPS) is 12.5. The second-order valence-electron chi connectivity index (χ2n) is 4.13. The summed E-state index contributed by atoms with van der Waals surface area (Å²) in [7, 11) is 0. The number of hydrogen-bond acceptors (Lipinski definition) is 2. The third-order valence-electron chi connectivity index (χ3n) is 2.93. The maximum Gasteiger partial charge on any atom is 0.0946 e. The van der Waals surface area contributed by atoms with Crippen LogP contribution in [0.25, 0.3) is 0 Å². The molecule has 1 N–H and O–H groups in total. The van der Waals surface area contributed by atoms with Gasteiger partial charge in [0.15, 0.2) is 0 Å². The third kappa shape index (κ3) is 3.43. The number of nitrogens with one attached hydrogen (secondary N) is 1. The van der Waals surface area contributed by atoms with Crippen molar-refractivity contribution in [3.05, 3.63) is 54.6 Å². The number of benzene rings is 1. The minimum atomic E-state index is 0.444. The third-order valence-corrected chi connectivity index (χ3v) is 2.93. The Labute approximate surface area is 103 Å². The van der Waals surface area contributed by atoms with Crippen LogP contribution in [0.1, 0.15) is 24.9 Å². The molecule has 90 valence electrons. The first-order valence-corrected chi connectivity index (χ1v) is 6.14. The van der Waals surface area contributed by atoms with Crippen LogP contribution in [0, 0.1) is 0 Å². The van der Waals surface area contributed by atoms with E-state index in [0.717, 1.165) is 19.5 Å². The van der Waals surface area contributed by atoms with Gasteiger partial charge < -0.3 is 9.88 Å². The van der Waals surface area contributed by atoms with Gasteiger partial charge in [-0.3, -0.25) is 0 Å². The van der Waals surface area contributed by atoms with Crippen LogP contribution >= 0.6 is 0 Å². The van der Waals surface area contributed by atoms with Gasteiger partial charge in [-0.1, -0.05) is 37.3 Å².